The van der Waals surface area contributed by atoms with Crippen molar-refractivity contribution < 1.29 is 4.79 Å². The van der Waals surface area contributed by atoms with Crippen LogP contribution in [0.4, 0.5) is 5.69 Å². The molecule has 1 unspecified atom stereocenters. The first-order valence-electron chi connectivity index (χ1n) is 5.42. The summed E-state index contributed by atoms with van der Waals surface area (Å²) in [6.07, 6.45) is 2.27. The minimum absolute atomic E-state index is 0.0247. The van der Waals surface area contributed by atoms with E-state index in [1.807, 2.05) is 24.3 Å². The van der Waals surface area contributed by atoms with Gasteiger partial charge >= 0.3 is 0 Å². The molecule has 1 aromatic carbocycles. The Morgan fingerprint density at radius 1 is 1.44 bits per heavy atom. The zero-order valence-electron chi connectivity index (χ0n) is 9.37. The van der Waals surface area contributed by atoms with Crippen molar-refractivity contribution in [2.24, 2.45) is 5.73 Å². The first-order chi connectivity index (χ1) is 7.61. The minimum atomic E-state index is -0.0413. The van der Waals surface area contributed by atoms with Crippen LogP contribution in [-0.4, -0.2) is 11.9 Å². The fourth-order valence-electron chi connectivity index (χ4n) is 1.46. The van der Waals surface area contributed by atoms with Crippen LogP contribution in [0.2, 0.25) is 0 Å². The van der Waals surface area contributed by atoms with Crippen molar-refractivity contribution in [2.45, 2.75) is 32.2 Å². The van der Waals surface area contributed by atoms with E-state index in [0.717, 1.165) is 23.0 Å². The second kappa shape index (κ2) is 6.66. The molecule has 0 bridgehead atoms. The summed E-state index contributed by atoms with van der Waals surface area (Å²) in [5, 5.41) is 2.82. The predicted molar refractivity (Wildman–Crippen MR) is 70.3 cm³/mol. The molecule has 0 saturated heterocycles. The maximum Gasteiger partial charge on any atom is 0.225 e. The number of hydrogen-bond donors (Lipinski definition) is 2. The van der Waals surface area contributed by atoms with Gasteiger partial charge < -0.3 is 11.1 Å². The second-order valence-corrected chi connectivity index (χ2v) is 4.72. The van der Waals surface area contributed by atoms with Crippen LogP contribution in [0.1, 0.15) is 26.2 Å². The number of benzene rings is 1. The summed E-state index contributed by atoms with van der Waals surface area (Å²) in [5.41, 5.74) is 6.60. The number of amides is 1. The third-order valence-corrected chi connectivity index (χ3v) is 2.76. The molecule has 1 atom stereocenters. The van der Waals surface area contributed by atoms with E-state index in [1.54, 1.807) is 0 Å². The van der Waals surface area contributed by atoms with Gasteiger partial charge in [-0.1, -0.05) is 29.3 Å². The lowest BCUT2D eigenvalue weighted by molar-refractivity contribution is -0.116. The standard InChI is InChI=1S/C12H17BrN2O/c1-2-3-10(14)8-12(16)15-11-6-4-9(13)5-7-11/h4-7,10H,2-3,8,14H2,1H3,(H,15,16). The average molecular weight is 285 g/mol. The normalized spacial score (nSPS) is 12.2. The van der Waals surface area contributed by atoms with E-state index in [1.165, 1.54) is 0 Å². The van der Waals surface area contributed by atoms with E-state index in [9.17, 15) is 4.79 Å². The monoisotopic (exact) mass is 284 g/mol. The smallest absolute Gasteiger partial charge is 0.225 e. The van der Waals surface area contributed by atoms with Crippen molar-refractivity contribution in [3.05, 3.63) is 28.7 Å². The van der Waals surface area contributed by atoms with Gasteiger partial charge in [-0.2, -0.15) is 0 Å². The van der Waals surface area contributed by atoms with Crippen LogP contribution in [0.5, 0.6) is 0 Å². The quantitative estimate of drug-likeness (QED) is 0.874. The Balaban J connectivity index is 2.42. The highest BCUT2D eigenvalue weighted by Crippen LogP contribution is 2.14. The fourth-order valence-corrected chi connectivity index (χ4v) is 1.72. The molecule has 0 heterocycles. The number of nitrogens with two attached hydrogens (primary N) is 1. The predicted octanol–water partition coefficient (Wildman–Crippen LogP) is 2.91. The molecule has 0 radical (unpaired) electrons. The Labute approximate surface area is 105 Å². The van der Waals surface area contributed by atoms with Crippen molar-refractivity contribution in [2.75, 3.05) is 5.32 Å². The highest BCUT2D eigenvalue weighted by molar-refractivity contribution is 9.10. The van der Waals surface area contributed by atoms with Gasteiger partial charge in [-0.3, -0.25) is 4.79 Å². The number of halogens is 1. The number of anilines is 1. The van der Waals surface area contributed by atoms with Crippen LogP contribution in [0, 0.1) is 0 Å². The van der Waals surface area contributed by atoms with Crippen molar-refractivity contribution in [1.29, 1.82) is 0 Å². The highest BCUT2D eigenvalue weighted by Gasteiger charge is 2.08. The van der Waals surface area contributed by atoms with E-state index < -0.39 is 0 Å². The van der Waals surface area contributed by atoms with Crippen LogP contribution in [0.25, 0.3) is 0 Å². The summed E-state index contributed by atoms with van der Waals surface area (Å²) in [5.74, 6) is -0.0247. The Morgan fingerprint density at radius 2 is 2.06 bits per heavy atom. The van der Waals surface area contributed by atoms with Gasteiger partial charge in [-0.15, -0.1) is 0 Å². The summed E-state index contributed by atoms with van der Waals surface area (Å²) in [6.45, 7) is 2.06. The van der Waals surface area contributed by atoms with Gasteiger partial charge in [-0.05, 0) is 30.7 Å². The molecule has 1 aromatic rings. The van der Waals surface area contributed by atoms with Gasteiger partial charge in [0.05, 0.1) is 0 Å². The summed E-state index contributed by atoms with van der Waals surface area (Å²) >= 11 is 3.34. The second-order valence-electron chi connectivity index (χ2n) is 3.81. The van der Waals surface area contributed by atoms with E-state index in [0.29, 0.717) is 6.42 Å². The molecule has 0 aromatic heterocycles. The molecule has 3 N–H and O–H groups in total. The first-order valence-corrected chi connectivity index (χ1v) is 6.22. The molecule has 0 saturated carbocycles. The van der Waals surface area contributed by atoms with Crippen LogP contribution in [0.3, 0.4) is 0 Å². The van der Waals surface area contributed by atoms with E-state index in [-0.39, 0.29) is 11.9 Å². The van der Waals surface area contributed by atoms with Crippen molar-refractivity contribution in [3.8, 4) is 0 Å². The van der Waals surface area contributed by atoms with Crippen LogP contribution >= 0.6 is 15.9 Å². The minimum Gasteiger partial charge on any atom is -0.327 e. The zero-order chi connectivity index (χ0) is 12.0. The summed E-state index contributed by atoms with van der Waals surface area (Å²) in [7, 11) is 0. The van der Waals surface area contributed by atoms with E-state index >= 15 is 0 Å². The van der Waals surface area contributed by atoms with Crippen LogP contribution < -0.4 is 11.1 Å². The lowest BCUT2D eigenvalue weighted by atomic mass is 10.1. The SMILES string of the molecule is CCCC(N)CC(=O)Nc1ccc(Br)cc1. The number of hydrogen-bond acceptors (Lipinski definition) is 2. The molecule has 0 aliphatic rings. The topological polar surface area (TPSA) is 55.1 Å². The van der Waals surface area contributed by atoms with E-state index in [2.05, 4.69) is 28.2 Å². The van der Waals surface area contributed by atoms with Gasteiger partial charge in [0.25, 0.3) is 0 Å². The van der Waals surface area contributed by atoms with Gasteiger partial charge in [0.2, 0.25) is 5.91 Å². The van der Waals surface area contributed by atoms with E-state index in [4.69, 9.17) is 5.73 Å². The maximum absolute atomic E-state index is 11.6. The molecular formula is C12H17BrN2O. The highest BCUT2D eigenvalue weighted by atomic mass is 79.9. The third kappa shape index (κ3) is 4.77. The molecule has 3 nitrogen and oxygen atoms in total. The Kier molecular flexibility index (Phi) is 5.49. The molecule has 1 rings (SSSR count). The van der Waals surface area contributed by atoms with Gasteiger partial charge in [0, 0.05) is 22.6 Å². The third-order valence-electron chi connectivity index (χ3n) is 2.24. The summed E-state index contributed by atoms with van der Waals surface area (Å²) in [6, 6.07) is 7.45. The molecule has 0 aliphatic carbocycles. The van der Waals surface area contributed by atoms with Gasteiger partial charge in [0.15, 0.2) is 0 Å². The van der Waals surface area contributed by atoms with Gasteiger partial charge in [0.1, 0.15) is 0 Å². The number of rotatable bonds is 5. The maximum atomic E-state index is 11.6. The largest absolute Gasteiger partial charge is 0.327 e. The molecule has 0 fully saturated rings. The van der Waals surface area contributed by atoms with Crippen molar-refractivity contribution >= 4 is 27.5 Å². The molecule has 0 aliphatic heterocycles. The van der Waals surface area contributed by atoms with Crippen molar-refractivity contribution in [1.82, 2.24) is 0 Å². The summed E-state index contributed by atoms with van der Waals surface area (Å²) in [4.78, 5) is 11.6. The van der Waals surface area contributed by atoms with Crippen LogP contribution in [-0.2, 0) is 4.79 Å². The van der Waals surface area contributed by atoms with Crippen molar-refractivity contribution in [3.63, 3.8) is 0 Å². The van der Waals surface area contributed by atoms with Gasteiger partial charge in [-0.25, -0.2) is 0 Å². The fraction of sp³-hybridized carbons (Fsp3) is 0.417. The Hall–Kier alpha value is -0.870. The number of carbonyl (C=O) groups is 1. The number of nitrogens with one attached hydrogen (secondary N) is 1. The molecule has 0 spiro atoms. The molecule has 88 valence electrons. The van der Waals surface area contributed by atoms with Crippen LogP contribution in [0.15, 0.2) is 28.7 Å². The summed E-state index contributed by atoms with van der Waals surface area (Å²) < 4.78 is 0.994. The zero-order valence-corrected chi connectivity index (χ0v) is 11.0. The lowest BCUT2D eigenvalue weighted by Crippen LogP contribution is -2.26. The molecule has 16 heavy (non-hydrogen) atoms. The Bertz CT molecular complexity index is 337. The molecular weight excluding hydrogens is 268 g/mol. The molecule has 4 heteroatoms. The molecule has 1 amide bonds. The average Bonchev–Trinajstić information content (AvgIpc) is 2.21. The number of carbonyl (C=O) groups excluding carboxylic acids is 1. The Morgan fingerprint density at radius 3 is 2.62 bits per heavy atom. The first kappa shape index (κ1) is 13.2. The lowest BCUT2D eigenvalue weighted by Gasteiger charge is -2.10.